The number of methoxy groups -OCH3 is 1. The SMILES string of the molecule is COC1CCCCC1(C(=O)O)N(C)C(C)=O. The first-order valence-electron chi connectivity index (χ1n) is 5.47. The molecule has 1 saturated carbocycles. The highest BCUT2D eigenvalue weighted by atomic mass is 16.5. The van der Waals surface area contributed by atoms with E-state index < -0.39 is 17.6 Å². The summed E-state index contributed by atoms with van der Waals surface area (Å²) in [6.07, 6.45) is 2.47. The van der Waals surface area contributed by atoms with Crippen LogP contribution in [0.4, 0.5) is 0 Å². The van der Waals surface area contributed by atoms with Crippen LogP contribution < -0.4 is 0 Å². The molecule has 1 rings (SSSR count). The lowest BCUT2D eigenvalue weighted by Gasteiger charge is -2.45. The number of carbonyl (C=O) groups excluding carboxylic acids is 1. The van der Waals surface area contributed by atoms with E-state index in [4.69, 9.17) is 4.74 Å². The summed E-state index contributed by atoms with van der Waals surface area (Å²) in [6.45, 7) is 1.38. The van der Waals surface area contributed by atoms with Crippen molar-refractivity contribution in [3.8, 4) is 0 Å². The predicted molar refractivity (Wildman–Crippen MR) is 58.1 cm³/mol. The largest absolute Gasteiger partial charge is 0.479 e. The second-order valence-corrected chi connectivity index (χ2v) is 4.28. The molecule has 0 aromatic heterocycles. The van der Waals surface area contributed by atoms with Gasteiger partial charge in [-0.15, -0.1) is 0 Å². The summed E-state index contributed by atoms with van der Waals surface area (Å²) in [4.78, 5) is 24.2. The number of carbonyl (C=O) groups is 2. The third-order valence-corrected chi connectivity index (χ3v) is 3.53. The number of hydrogen-bond acceptors (Lipinski definition) is 3. The van der Waals surface area contributed by atoms with Gasteiger partial charge in [-0.1, -0.05) is 12.8 Å². The molecule has 0 heterocycles. The zero-order valence-electron chi connectivity index (χ0n) is 10.0. The van der Waals surface area contributed by atoms with E-state index in [0.717, 1.165) is 12.8 Å². The van der Waals surface area contributed by atoms with E-state index in [1.807, 2.05) is 0 Å². The van der Waals surface area contributed by atoms with Crippen molar-refractivity contribution >= 4 is 11.9 Å². The van der Waals surface area contributed by atoms with Crippen molar-refractivity contribution in [2.75, 3.05) is 14.2 Å². The summed E-state index contributed by atoms with van der Waals surface area (Å²) >= 11 is 0. The first-order valence-corrected chi connectivity index (χ1v) is 5.47. The van der Waals surface area contributed by atoms with E-state index in [2.05, 4.69) is 0 Å². The van der Waals surface area contributed by atoms with E-state index in [1.54, 1.807) is 0 Å². The molecule has 0 bridgehead atoms. The molecule has 0 aromatic carbocycles. The minimum absolute atomic E-state index is 0.244. The topological polar surface area (TPSA) is 66.8 Å². The Labute approximate surface area is 95.4 Å². The molecule has 0 radical (unpaired) electrons. The van der Waals surface area contributed by atoms with Crippen LogP contribution in [0.1, 0.15) is 32.6 Å². The highest BCUT2D eigenvalue weighted by Gasteiger charge is 2.52. The molecule has 16 heavy (non-hydrogen) atoms. The van der Waals surface area contributed by atoms with E-state index in [-0.39, 0.29) is 5.91 Å². The Kier molecular flexibility index (Phi) is 3.91. The van der Waals surface area contributed by atoms with Gasteiger partial charge in [0.2, 0.25) is 5.91 Å². The van der Waals surface area contributed by atoms with E-state index in [9.17, 15) is 14.7 Å². The average Bonchev–Trinajstić information content (AvgIpc) is 2.27. The summed E-state index contributed by atoms with van der Waals surface area (Å²) in [7, 11) is 3.04. The Morgan fingerprint density at radius 2 is 2.06 bits per heavy atom. The maximum absolute atomic E-state index is 11.5. The fourth-order valence-corrected chi connectivity index (χ4v) is 2.49. The van der Waals surface area contributed by atoms with Gasteiger partial charge in [0, 0.05) is 21.1 Å². The van der Waals surface area contributed by atoms with Crippen LogP contribution in [0.5, 0.6) is 0 Å². The number of carboxylic acids is 1. The van der Waals surface area contributed by atoms with E-state index in [0.29, 0.717) is 12.8 Å². The first-order chi connectivity index (χ1) is 7.46. The van der Waals surface area contributed by atoms with Gasteiger partial charge in [-0.2, -0.15) is 0 Å². The summed E-state index contributed by atoms with van der Waals surface area (Å²) in [5, 5.41) is 9.44. The van der Waals surface area contributed by atoms with Crippen LogP contribution in [0.3, 0.4) is 0 Å². The molecule has 0 aliphatic heterocycles. The molecule has 5 heteroatoms. The van der Waals surface area contributed by atoms with Gasteiger partial charge in [-0.05, 0) is 12.8 Å². The van der Waals surface area contributed by atoms with Crippen LogP contribution in [-0.2, 0) is 14.3 Å². The standard InChI is InChI=1S/C11H19NO4/c1-8(13)12(2)11(10(14)15)7-5-4-6-9(11)16-3/h9H,4-7H2,1-3H3,(H,14,15). The molecule has 1 aliphatic carbocycles. The summed E-state index contributed by atoms with van der Waals surface area (Å²) < 4.78 is 5.26. The summed E-state index contributed by atoms with van der Waals surface area (Å²) in [5.74, 6) is -1.22. The number of amides is 1. The monoisotopic (exact) mass is 229 g/mol. The lowest BCUT2D eigenvalue weighted by Crippen LogP contribution is -2.63. The van der Waals surface area contributed by atoms with Crippen LogP contribution >= 0.6 is 0 Å². The zero-order valence-corrected chi connectivity index (χ0v) is 10.0. The average molecular weight is 229 g/mol. The smallest absolute Gasteiger partial charge is 0.332 e. The van der Waals surface area contributed by atoms with Crippen molar-refractivity contribution in [2.24, 2.45) is 0 Å². The lowest BCUT2D eigenvalue weighted by atomic mass is 9.77. The Balaban J connectivity index is 3.10. The maximum Gasteiger partial charge on any atom is 0.332 e. The molecule has 1 N–H and O–H groups in total. The van der Waals surface area contributed by atoms with Crippen LogP contribution in [0.2, 0.25) is 0 Å². The minimum Gasteiger partial charge on any atom is -0.479 e. The second-order valence-electron chi connectivity index (χ2n) is 4.28. The van der Waals surface area contributed by atoms with Gasteiger partial charge in [0.1, 0.15) is 0 Å². The molecule has 92 valence electrons. The highest BCUT2D eigenvalue weighted by molar-refractivity contribution is 5.86. The van der Waals surface area contributed by atoms with Gasteiger partial charge < -0.3 is 14.7 Å². The number of aliphatic carboxylic acids is 1. The molecule has 1 aliphatic rings. The van der Waals surface area contributed by atoms with Crippen LogP contribution in [-0.4, -0.2) is 47.7 Å². The Morgan fingerprint density at radius 1 is 1.44 bits per heavy atom. The van der Waals surface area contributed by atoms with Crippen molar-refractivity contribution in [3.05, 3.63) is 0 Å². The summed E-state index contributed by atoms with van der Waals surface area (Å²) in [6, 6.07) is 0. The number of nitrogens with zero attached hydrogens (tertiary/aromatic N) is 1. The van der Waals surface area contributed by atoms with Gasteiger partial charge in [0.05, 0.1) is 6.10 Å². The molecule has 0 aromatic rings. The van der Waals surface area contributed by atoms with Crippen molar-refractivity contribution < 1.29 is 19.4 Å². The van der Waals surface area contributed by atoms with Crippen LogP contribution in [0, 0.1) is 0 Å². The Morgan fingerprint density at radius 3 is 2.50 bits per heavy atom. The second kappa shape index (κ2) is 4.82. The molecule has 1 fully saturated rings. The molecule has 2 atom stereocenters. The molecule has 0 saturated heterocycles. The Hall–Kier alpha value is -1.10. The van der Waals surface area contributed by atoms with E-state index >= 15 is 0 Å². The van der Waals surface area contributed by atoms with Crippen molar-refractivity contribution in [1.82, 2.24) is 4.90 Å². The molecule has 0 spiro atoms. The van der Waals surface area contributed by atoms with Gasteiger partial charge in [-0.25, -0.2) is 4.79 Å². The third-order valence-electron chi connectivity index (χ3n) is 3.53. The fraction of sp³-hybridized carbons (Fsp3) is 0.818. The van der Waals surface area contributed by atoms with Crippen molar-refractivity contribution in [1.29, 1.82) is 0 Å². The zero-order chi connectivity index (χ0) is 12.3. The minimum atomic E-state index is -1.20. The number of likely N-dealkylation sites (N-methyl/N-ethyl adjacent to an activating group) is 1. The van der Waals surface area contributed by atoms with Crippen LogP contribution in [0.15, 0.2) is 0 Å². The van der Waals surface area contributed by atoms with Gasteiger partial charge in [0.15, 0.2) is 5.54 Å². The quantitative estimate of drug-likeness (QED) is 0.780. The first kappa shape index (κ1) is 13.0. The van der Waals surface area contributed by atoms with Crippen molar-refractivity contribution in [2.45, 2.75) is 44.2 Å². The van der Waals surface area contributed by atoms with E-state index in [1.165, 1.54) is 26.0 Å². The third kappa shape index (κ3) is 1.91. The number of hydrogen-bond donors (Lipinski definition) is 1. The van der Waals surface area contributed by atoms with Gasteiger partial charge >= 0.3 is 5.97 Å². The van der Waals surface area contributed by atoms with Crippen LogP contribution in [0.25, 0.3) is 0 Å². The molecular formula is C11H19NO4. The Bertz CT molecular complexity index is 292. The normalized spacial score (nSPS) is 29.8. The molecular weight excluding hydrogens is 210 g/mol. The highest BCUT2D eigenvalue weighted by Crippen LogP contribution is 2.35. The lowest BCUT2D eigenvalue weighted by molar-refractivity contribution is -0.172. The fourth-order valence-electron chi connectivity index (χ4n) is 2.49. The summed E-state index contributed by atoms with van der Waals surface area (Å²) in [5.41, 5.74) is -1.20. The predicted octanol–water partition coefficient (Wildman–Crippen LogP) is 0.877. The molecule has 1 amide bonds. The molecule has 5 nitrogen and oxygen atoms in total. The molecule has 2 unspecified atom stereocenters. The number of ether oxygens (including phenoxy) is 1. The number of rotatable bonds is 3. The van der Waals surface area contributed by atoms with Gasteiger partial charge in [0.25, 0.3) is 0 Å². The van der Waals surface area contributed by atoms with Crippen molar-refractivity contribution in [3.63, 3.8) is 0 Å². The maximum atomic E-state index is 11.5. The number of carboxylic acid groups (broad SMARTS) is 1. The van der Waals surface area contributed by atoms with Gasteiger partial charge in [-0.3, -0.25) is 4.79 Å².